The number of rotatable bonds is 8. The third-order valence-corrected chi connectivity index (χ3v) is 2.37. The molecule has 0 aliphatic rings. The van der Waals surface area contributed by atoms with E-state index in [2.05, 4.69) is 0 Å². The Bertz CT molecular complexity index is 317. The number of para-hydroxylation sites is 1. The van der Waals surface area contributed by atoms with Crippen molar-refractivity contribution in [3.05, 3.63) is 29.8 Å². The highest BCUT2D eigenvalue weighted by molar-refractivity contribution is 5.35. The summed E-state index contributed by atoms with van der Waals surface area (Å²) in [7, 11) is 1.65. The summed E-state index contributed by atoms with van der Waals surface area (Å²) in [5, 5.41) is 0. The van der Waals surface area contributed by atoms with Crippen molar-refractivity contribution in [2.45, 2.75) is 13.0 Å². The zero-order valence-corrected chi connectivity index (χ0v) is 10.5. The molecule has 0 aromatic heterocycles. The molecular weight excluding hydrogens is 218 g/mol. The normalized spacial score (nSPS) is 12.4. The SMILES string of the molecule is CCOCC(N)c1ccccc1OCCOC. The van der Waals surface area contributed by atoms with Gasteiger partial charge >= 0.3 is 0 Å². The Morgan fingerprint density at radius 2 is 2.00 bits per heavy atom. The average Bonchev–Trinajstić information content (AvgIpc) is 2.37. The second kappa shape index (κ2) is 8.06. The first-order valence-corrected chi connectivity index (χ1v) is 5.83. The van der Waals surface area contributed by atoms with Crippen LogP contribution < -0.4 is 10.5 Å². The zero-order chi connectivity index (χ0) is 12.5. The summed E-state index contributed by atoms with van der Waals surface area (Å²) in [5.74, 6) is 0.803. The molecule has 0 heterocycles. The smallest absolute Gasteiger partial charge is 0.124 e. The number of methoxy groups -OCH3 is 1. The van der Waals surface area contributed by atoms with Crippen LogP contribution in [0.4, 0.5) is 0 Å². The van der Waals surface area contributed by atoms with Crippen LogP contribution in [0.5, 0.6) is 5.75 Å². The van der Waals surface area contributed by atoms with Gasteiger partial charge in [-0.3, -0.25) is 0 Å². The first kappa shape index (κ1) is 14.0. The number of ether oxygens (including phenoxy) is 3. The number of hydrogen-bond donors (Lipinski definition) is 1. The van der Waals surface area contributed by atoms with Gasteiger partial charge in [-0.15, -0.1) is 0 Å². The first-order valence-electron chi connectivity index (χ1n) is 5.83. The Labute approximate surface area is 103 Å². The standard InChI is InChI=1S/C13H21NO3/c1-3-16-10-12(14)11-6-4-5-7-13(11)17-9-8-15-2/h4-7,12H,3,8-10,14H2,1-2H3. The Morgan fingerprint density at radius 3 is 2.71 bits per heavy atom. The summed E-state index contributed by atoms with van der Waals surface area (Å²) in [6.45, 7) is 4.21. The summed E-state index contributed by atoms with van der Waals surface area (Å²) in [6.07, 6.45) is 0. The van der Waals surface area contributed by atoms with E-state index in [4.69, 9.17) is 19.9 Å². The minimum Gasteiger partial charge on any atom is -0.491 e. The van der Waals surface area contributed by atoms with Gasteiger partial charge in [-0.2, -0.15) is 0 Å². The topological polar surface area (TPSA) is 53.7 Å². The summed E-state index contributed by atoms with van der Waals surface area (Å²) >= 11 is 0. The minimum atomic E-state index is -0.159. The lowest BCUT2D eigenvalue weighted by Gasteiger charge is -2.16. The third kappa shape index (κ3) is 4.73. The molecule has 0 aliphatic heterocycles. The van der Waals surface area contributed by atoms with Gasteiger partial charge in [0.1, 0.15) is 12.4 Å². The molecule has 0 amide bonds. The van der Waals surface area contributed by atoms with Gasteiger partial charge in [-0.05, 0) is 13.0 Å². The number of hydrogen-bond acceptors (Lipinski definition) is 4. The van der Waals surface area contributed by atoms with E-state index in [0.29, 0.717) is 26.4 Å². The van der Waals surface area contributed by atoms with Crippen LogP contribution in [-0.4, -0.2) is 33.5 Å². The lowest BCUT2D eigenvalue weighted by molar-refractivity contribution is 0.129. The van der Waals surface area contributed by atoms with Crippen molar-refractivity contribution in [2.24, 2.45) is 5.73 Å². The van der Waals surface area contributed by atoms with Crippen LogP contribution >= 0.6 is 0 Å². The summed E-state index contributed by atoms with van der Waals surface area (Å²) in [4.78, 5) is 0. The molecule has 0 radical (unpaired) electrons. The van der Waals surface area contributed by atoms with E-state index in [1.54, 1.807) is 7.11 Å². The van der Waals surface area contributed by atoms with Crippen LogP contribution in [0.25, 0.3) is 0 Å². The molecule has 2 N–H and O–H groups in total. The lowest BCUT2D eigenvalue weighted by atomic mass is 10.1. The van der Waals surface area contributed by atoms with Crippen LogP contribution in [0.3, 0.4) is 0 Å². The van der Waals surface area contributed by atoms with E-state index in [9.17, 15) is 0 Å². The Balaban J connectivity index is 2.62. The third-order valence-electron chi connectivity index (χ3n) is 2.37. The fourth-order valence-corrected chi connectivity index (χ4v) is 1.49. The van der Waals surface area contributed by atoms with Gasteiger partial charge in [0.05, 0.1) is 19.3 Å². The molecule has 1 aromatic rings. The number of nitrogens with two attached hydrogens (primary N) is 1. The maximum absolute atomic E-state index is 6.05. The molecule has 96 valence electrons. The molecular formula is C13H21NO3. The molecule has 4 heteroatoms. The second-order valence-electron chi connectivity index (χ2n) is 3.65. The molecule has 1 rings (SSSR count). The fourth-order valence-electron chi connectivity index (χ4n) is 1.49. The van der Waals surface area contributed by atoms with E-state index in [1.807, 2.05) is 31.2 Å². The maximum atomic E-state index is 6.05. The van der Waals surface area contributed by atoms with Crippen molar-refractivity contribution in [2.75, 3.05) is 33.5 Å². The van der Waals surface area contributed by atoms with Crippen molar-refractivity contribution < 1.29 is 14.2 Å². The predicted molar refractivity (Wildman–Crippen MR) is 67.2 cm³/mol. The predicted octanol–water partition coefficient (Wildman–Crippen LogP) is 1.75. The van der Waals surface area contributed by atoms with Crippen molar-refractivity contribution in [1.29, 1.82) is 0 Å². The van der Waals surface area contributed by atoms with E-state index < -0.39 is 0 Å². The van der Waals surface area contributed by atoms with E-state index in [0.717, 1.165) is 11.3 Å². The van der Waals surface area contributed by atoms with Crippen LogP contribution in [0.2, 0.25) is 0 Å². The van der Waals surface area contributed by atoms with Crippen molar-refractivity contribution in [3.8, 4) is 5.75 Å². The molecule has 1 aromatic carbocycles. The monoisotopic (exact) mass is 239 g/mol. The van der Waals surface area contributed by atoms with E-state index >= 15 is 0 Å². The Hall–Kier alpha value is -1.10. The molecule has 17 heavy (non-hydrogen) atoms. The maximum Gasteiger partial charge on any atom is 0.124 e. The Kier molecular flexibility index (Phi) is 6.62. The van der Waals surface area contributed by atoms with Gasteiger partial charge in [0.15, 0.2) is 0 Å². The Morgan fingerprint density at radius 1 is 1.24 bits per heavy atom. The highest BCUT2D eigenvalue weighted by Gasteiger charge is 2.11. The van der Waals surface area contributed by atoms with Gasteiger partial charge < -0.3 is 19.9 Å². The quantitative estimate of drug-likeness (QED) is 0.702. The molecule has 0 aliphatic carbocycles. The number of benzene rings is 1. The van der Waals surface area contributed by atoms with Crippen LogP contribution in [0.1, 0.15) is 18.5 Å². The molecule has 0 bridgehead atoms. The summed E-state index contributed by atoms with van der Waals surface area (Å²) < 4.78 is 15.9. The van der Waals surface area contributed by atoms with E-state index in [-0.39, 0.29) is 6.04 Å². The minimum absolute atomic E-state index is 0.159. The van der Waals surface area contributed by atoms with Gasteiger partial charge in [-0.1, -0.05) is 18.2 Å². The van der Waals surface area contributed by atoms with Gasteiger partial charge in [0.25, 0.3) is 0 Å². The molecule has 1 unspecified atom stereocenters. The van der Waals surface area contributed by atoms with Crippen LogP contribution in [0.15, 0.2) is 24.3 Å². The highest BCUT2D eigenvalue weighted by atomic mass is 16.5. The van der Waals surface area contributed by atoms with Crippen LogP contribution in [0, 0.1) is 0 Å². The van der Waals surface area contributed by atoms with Gasteiger partial charge in [-0.25, -0.2) is 0 Å². The second-order valence-corrected chi connectivity index (χ2v) is 3.65. The lowest BCUT2D eigenvalue weighted by Crippen LogP contribution is -2.18. The van der Waals surface area contributed by atoms with Crippen molar-refractivity contribution >= 4 is 0 Å². The van der Waals surface area contributed by atoms with E-state index in [1.165, 1.54) is 0 Å². The largest absolute Gasteiger partial charge is 0.491 e. The molecule has 1 atom stereocenters. The molecule has 0 saturated heterocycles. The van der Waals surface area contributed by atoms with Crippen LogP contribution in [-0.2, 0) is 9.47 Å². The highest BCUT2D eigenvalue weighted by Crippen LogP contribution is 2.23. The molecule has 0 saturated carbocycles. The summed E-state index contributed by atoms with van der Waals surface area (Å²) in [6, 6.07) is 7.60. The fraction of sp³-hybridized carbons (Fsp3) is 0.538. The summed E-state index contributed by atoms with van der Waals surface area (Å²) in [5.41, 5.74) is 7.02. The zero-order valence-electron chi connectivity index (χ0n) is 10.5. The molecule has 4 nitrogen and oxygen atoms in total. The molecule has 0 fully saturated rings. The van der Waals surface area contributed by atoms with Crippen molar-refractivity contribution in [3.63, 3.8) is 0 Å². The first-order chi connectivity index (χ1) is 8.29. The van der Waals surface area contributed by atoms with Gasteiger partial charge in [0.2, 0.25) is 0 Å². The van der Waals surface area contributed by atoms with Crippen molar-refractivity contribution in [1.82, 2.24) is 0 Å². The molecule has 0 spiro atoms. The van der Waals surface area contributed by atoms with Gasteiger partial charge in [0, 0.05) is 19.3 Å². The average molecular weight is 239 g/mol.